The molecule has 0 nitrogen and oxygen atoms in total. The third-order valence-corrected chi connectivity index (χ3v) is 16.3. The molecular formula is C69H54. The van der Waals surface area contributed by atoms with Gasteiger partial charge in [0.05, 0.1) is 0 Å². The second kappa shape index (κ2) is 15.1. The molecule has 0 aromatic heterocycles. The van der Waals surface area contributed by atoms with E-state index in [0.29, 0.717) is 0 Å². The quantitative estimate of drug-likeness (QED) is 0.146. The lowest BCUT2D eigenvalue weighted by molar-refractivity contribution is 0.649. The minimum absolute atomic E-state index is 0.202. The number of benzene rings is 10. The van der Waals surface area contributed by atoms with E-state index in [2.05, 4.69) is 260 Å². The van der Waals surface area contributed by atoms with Crippen LogP contribution in [0.5, 0.6) is 0 Å². The standard InChI is InChI=1S/C69H54/c1-67(2)59-41-57-61(68(3,4)63-37-47(49-31-19-21-33-51(49)65(57)63)35-53(43-23-11-7-12-24-43)44-25-13-8-14-26-44)39-55(59)56-40-62-58(42-60(56)67)66-52-34-22-20-32-50(52)48(38-64(66)69(62,5)6)36-54(45-27-15-9-16-28-45)46-29-17-10-18-30-46/h7-42H,1-6H3. The van der Waals surface area contributed by atoms with Gasteiger partial charge in [0.2, 0.25) is 0 Å². The molecule has 10 aromatic carbocycles. The molecule has 69 heavy (non-hydrogen) atoms. The summed E-state index contributed by atoms with van der Waals surface area (Å²) in [5, 5.41) is 5.21. The summed E-state index contributed by atoms with van der Waals surface area (Å²) < 4.78 is 0. The Morgan fingerprint density at radius 1 is 0.275 bits per heavy atom. The van der Waals surface area contributed by atoms with Crippen molar-refractivity contribution in [1.29, 1.82) is 0 Å². The van der Waals surface area contributed by atoms with Crippen LogP contribution >= 0.6 is 0 Å². The summed E-state index contributed by atoms with van der Waals surface area (Å²) in [4.78, 5) is 0. The Labute approximate surface area is 407 Å². The van der Waals surface area contributed by atoms with Crippen LogP contribution in [0.2, 0.25) is 0 Å². The van der Waals surface area contributed by atoms with Crippen LogP contribution in [0.25, 0.3) is 78.2 Å². The Bertz CT molecular complexity index is 3470. The normalized spacial score (nSPS) is 14.9. The van der Waals surface area contributed by atoms with E-state index in [1.807, 2.05) is 0 Å². The highest BCUT2D eigenvalue weighted by atomic mass is 14.5. The highest BCUT2D eigenvalue weighted by Crippen LogP contribution is 2.61. The molecule has 0 spiro atoms. The van der Waals surface area contributed by atoms with Gasteiger partial charge in [0.25, 0.3) is 0 Å². The van der Waals surface area contributed by atoms with Gasteiger partial charge in [0, 0.05) is 16.2 Å². The van der Waals surface area contributed by atoms with Gasteiger partial charge in [-0.15, -0.1) is 0 Å². The molecule has 0 amide bonds. The van der Waals surface area contributed by atoms with Crippen LogP contribution in [-0.2, 0) is 16.2 Å². The van der Waals surface area contributed by atoms with Crippen molar-refractivity contribution in [1.82, 2.24) is 0 Å². The molecule has 0 saturated heterocycles. The summed E-state index contributed by atoms with van der Waals surface area (Å²) in [6.07, 6.45) is 4.86. The largest absolute Gasteiger partial charge is 0.0622 e. The van der Waals surface area contributed by atoms with Crippen molar-refractivity contribution in [3.8, 4) is 33.4 Å². The van der Waals surface area contributed by atoms with E-state index in [1.54, 1.807) is 0 Å². The lowest BCUT2D eigenvalue weighted by Gasteiger charge is -2.25. The molecule has 0 saturated carbocycles. The zero-order valence-corrected chi connectivity index (χ0v) is 40.3. The first-order chi connectivity index (χ1) is 33.5. The van der Waals surface area contributed by atoms with Crippen LogP contribution in [0, 0.1) is 0 Å². The van der Waals surface area contributed by atoms with Crippen molar-refractivity contribution in [2.45, 2.75) is 57.8 Å². The first-order valence-electron chi connectivity index (χ1n) is 24.7. The van der Waals surface area contributed by atoms with E-state index in [1.165, 1.54) is 133 Å². The SMILES string of the molecule is CC1(C)c2cc3c(cc2-c2cc4c(cc21)-c1c(cc(C=C(c2ccccc2)c2ccccc2)c2ccccc12)C4(C)C)C(C)(C)c1cc(C=C(c2ccccc2)c2ccccc2)c2ccccc2c1-3. The van der Waals surface area contributed by atoms with Crippen LogP contribution in [0.15, 0.2) is 206 Å². The Morgan fingerprint density at radius 2 is 0.536 bits per heavy atom. The molecule has 0 atom stereocenters. The van der Waals surface area contributed by atoms with Crippen LogP contribution in [0.4, 0.5) is 0 Å². The smallest absolute Gasteiger partial charge is 0.0159 e. The molecule has 0 heteroatoms. The van der Waals surface area contributed by atoms with Gasteiger partial charge >= 0.3 is 0 Å². The van der Waals surface area contributed by atoms with Crippen molar-refractivity contribution < 1.29 is 0 Å². The molecule has 0 N–H and O–H groups in total. The average molecular weight is 883 g/mol. The molecule has 0 radical (unpaired) electrons. The second-order valence-corrected chi connectivity index (χ2v) is 21.2. The third-order valence-electron chi connectivity index (χ3n) is 16.3. The van der Waals surface area contributed by atoms with Gasteiger partial charge in [-0.1, -0.05) is 211 Å². The van der Waals surface area contributed by atoms with E-state index in [-0.39, 0.29) is 16.2 Å². The van der Waals surface area contributed by atoms with E-state index < -0.39 is 0 Å². The summed E-state index contributed by atoms with van der Waals surface area (Å²) in [5.41, 5.74) is 26.0. The van der Waals surface area contributed by atoms with Crippen molar-refractivity contribution in [2.24, 2.45) is 0 Å². The van der Waals surface area contributed by atoms with Gasteiger partial charge in [-0.25, -0.2) is 0 Å². The molecule has 3 aliphatic rings. The van der Waals surface area contributed by atoms with Crippen LogP contribution in [-0.4, -0.2) is 0 Å². The van der Waals surface area contributed by atoms with Crippen LogP contribution in [0.3, 0.4) is 0 Å². The van der Waals surface area contributed by atoms with E-state index >= 15 is 0 Å². The second-order valence-electron chi connectivity index (χ2n) is 21.2. The third kappa shape index (κ3) is 6.14. The lowest BCUT2D eigenvalue weighted by Crippen LogP contribution is -2.17. The fraction of sp³-hybridized carbons (Fsp3) is 0.130. The van der Waals surface area contributed by atoms with Crippen molar-refractivity contribution >= 4 is 44.8 Å². The zero-order valence-electron chi connectivity index (χ0n) is 40.3. The van der Waals surface area contributed by atoms with E-state index in [0.717, 1.165) is 0 Å². The van der Waals surface area contributed by atoms with Crippen molar-refractivity contribution in [2.75, 3.05) is 0 Å². The van der Waals surface area contributed by atoms with Crippen LogP contribution < -0.4 is 0 Å². The minimum Gasteiger partial charge on any atom is -0.0622 e. The molecule has 10 aromatic rings. The minimum atomic E-state index is -0.216. The zero-order chi connectivity index (χ0) is 46.8. The monoisotopic (exact) mass is 882 g/mol. The summed E-state index contributed by atoms with van der Waals surface area (Å²) in [7, 11) is 0. The van der Waals surface area contributed by atoms with Gasteiger partial charge in [-0.05, 0) is 181 Å². The van der Waals surface area contributed by atoms with Gasteiger partial charge < -0.3 is 0 Å². The highest BCUT2D eigenvalue weighted by molar-refractivity contribution is 6.11. The van der Waals surface area contributed by atoms with E-state index in [4.69, 9.17) is 0 Å². The highest BCUT2D eigenvalue weighted by Gasteiger charge is 2.45. The molecule has 330 valence electrons. The fourth-order valence-electron chi connectivity index (χ4n) is 12.6. The number of hydrogen-bond acceptors (Lipinski definition) is 0. The van der Waals surface area contributed by atoms with Crippen molar-refractivity contribution in [3.63, 3.8) is 0 Å². The van der Waals surface area contributed by atoms with Crippen molar-refractivity contribution in [3.05, 3.63) is 273 Å². The van der Waals surface area contributed by atoms with Gasteiger partial charge in [-0.2, -0.15) is 0 Å². The molecule has 0 unspecified atom stereocenters. The topological polar surface area (TPSA) is 0 Å². The number of rotatable bonds is 6. The average Bonchev–Trinajstić information content (AvgIpc) is 3.85. The number of hydrogen-bond donors (Lipinski definition) is 0. The van der Waals surface area contributed by atoms with Gasteiger partial charge in [0.1, 0.15) is 0 Å². The Hall–Kier alpha value is -7.80. The predicted molar refractivity (Wildman–Crippen MR) is 294 cm³/mol. The maximum Gasteiger partial charge on any atom is 0.0159 e. The molecule has 0 fully saturated rings. The first kappa shape index (κ1) is 41.4. The summed E-state index contributed by atoms with van der Waals surface area (Å²) >= 11 is 0. The predicted octanol–water partition coefficient (Wildman–Crippen LogP) is 18.1. The Morgan fingerprint density at radius 3 is 0.870 bits per heavy atom. The molecule has 3 aliphatic carbocycles. The lowest BCUT2D eigenvalue weighted by atomic mass is 9.78. The number of fused-ring (bicyclic) bond motifs is 13. The molecular weight excluding hydrogens is 829 g/mol. The van der Waals surface area contributed by atoms with E-state index in [9.17, 15) is 0 Å². The molecule has 0 heterocycles. The summed E-state index contributed by atoms with van der Waals surface area (Å²) in [6.45, 7) is 14.7. The maximum atomic E-state index is 2.59. The van der Waals surface area contributed by atoms with Gasteiger partial charge in [-0.3, -0.25) is 0 Å². The van der Waals surface area contributed by atoms with Gasteiger partial charge in [0.15, 0.2) is 0 Å². The Kier molecular flexibility index (Phi) is 9.06. The fourth-order valence-corrected chi connectivity index (χ4v) is 12.6. The molecule has 0 bridgehead atoms. The van der Waals surface area contributed by atoms with Crippen LogP contribution in [0.1, 0.15) is 108 Å². The maximum absolute atomic E-state index is 2.59. The summed E-state index contributed by atoms with van der Waals surface area (Å²) in [6, 6.07) is 77.0. The Balaban J connectivity index is 0.971. The molecule has 13 rings (SSSR count). The first-order valence-corrected chi connectivity index (χ1v) is 24.7. The summed E-state index contributed by atoms with van der Waals surface area (Å²) in [5.74, 6) is 0. The molecule has 0 aliphatic heterocycles.